The van der Waals surface area contributed by atoms with E-state index in [1.54, 1.807) is 12.3 Å². The van der Waals surface area contributed by atoms with Gasteiger partial charge < -0.3 is 4.74 Å². The maximum Gasteiger partial charge on any atom is 0.367 e. The number of H-pyrrole nitrogens is 3. The first-order valence-electron chi connectivity index (χ1n) is 5.11. The lowest BCUT2D eigenvalue weighted by Gasteiger charge is -2.03. The third-order valence-electron chi connectivity index (χ3n) is 2.31. The molecule has 0 saturated carbocycles. The molecule has 0 amide bonds. The van der Waals surface area contributed by atoms with Gasteiger partial charge in [0.1, 0.15) is 11.2 Å². The van der Waals surface area contributed by atoms with Crippen LogP contribution in [-0.4, -0.2) is 40.6 Å². The summed E-state index contributed by atoms with van der Waals surface area (Å²) in [6, 6.07) is 1.68. The predicted octanol–water partition coefficient (Wildman–Crippen LogP) is -0.257. The third kappa shape index (κ3) is 2.14. The topological polar surface area (TPSA) is 130 Å². The second-order valence-corrected chi connectivity index (χ2v) is 4.26. The Labute approximate surface area is 113 Å². The molecule has 0 atom stereocenters. The molecule has 0 unspecified atom stereocenters. The maximum atomic E-state index is 11.5. The van der Waals surface area contributed by atoms with Crippen LogP contribution in [0.4, 0.5) is 0 Å². The molecule has 0 saturated heterocycles. The maximum absolute atomic E-state index is 11.5. The number of nitrogens with one attached hydrogen (secondary N) is 3. The Morgan fingerprint density at radius 2 is 2.26 bits per heavy atom. The van der Waals surface area contributed by atoms with Crippen LogP contribution in [0.15, 0.2) is 21.7 Å². The molecule has 0 aliphatic rings. The Balaban J connectivity index is 1.91. The molecule has 19 heavy (non-hydrogen) atoms. The standard InChI is InChI=1S/C8H7BrN8O2/c9-6-4(3-19-5-1-2-10-11-5)7(13-12-6)17-8(18)14-15-16-17/h1-2H,3H2,(H,10,11)(H,12,13)(H,14,16,18). The summed E-state index contributed by atoms with van der Waals surface area (Å²) < 4.78 is 7.10. The van der Waals surface area contributed by atoms with Crippen molar-refractivity contribution in [2.24, 2.45) is 0 Å². The zero-order valence-electron chi connectivity index (χ0n) is 9.29. The molecule has 0 aliphatic carbocycles. The summed E-state index contributed by atoms with van der Waals surface area (Å²) in [6.45, 7) is 0.175. The van der Waals surface area contributed by atoms with Crippen molar-refractivity contribution in [2.45, 2.75) is 6.61 Å². The SMILES string of the molecule is O=c1[nH]nnn1-c1n[nH]c(Br)c1COc1ccn[nH]1. The number of hydrogen-bond acceptors (Lipinski definition) is 6. The van der Waals surface area contributed by atoms with Gasteiger partial charge in [-0.3, -0.25) is 5.10 Å². The first kappa shape index (κ1) is 11.6. The van der Waals surface area contributed by atoms with Crippen molar-refractivity contribution in [1.82, 2.24) is 40.6 Å². The highest BCUT2D eigenvalue weighted by atomic mass is 79.9. The summed E-state index contributed by atoms with van der Waals surface area (Å²) >= 11 is 3.29. The quantitative estimate of drug-likeness (QED) is 0.605. The first-order valence-corrected chi connectivity index (χ1v) is 5.90. The average Bonchev–Trinajstić information content (AvgIpc) is 3.09. The van der Waals surface area contributed by atoms with Gasteiger partial charge in [0.05, 0.1) is 11.8 Å². The molecule has 0 spiro atoms. The van der Waals surface area contributed by atoms with E-state index in [0.29, 0.717) is 21.9 Å². The predicted molar refractivity (Wildman–Crippen MR) is 64.7 cm³/mol. The summed E-state index contributed by atoms with van der Waals surface area (Å²) in [6.07, 6.45) is 1.57. The molecular weight excluding hydrogens is 320 g/mol. The van der Waals surface area contributed by atoms with Crippen molar-refractivity contribution in [3.05, 3.63) is 32.9 Å². The van der Waals surface area contributed by atoms with Gasteiger partial charge in [-0.25, -0.2) is 15.0 Å². The van der Waals surface area contributed by atoms with Gasteiger partial charge in [-0.05, 0) is 26.4 Å². The van der Waals surface area contributed by atoms with Crippen molar-refractivity contribution < 1.29 is 4.74 Å². The van der Waals surface area contributed by atoms with Crippen LogP contribution in [0.2, 0.25) is 0 Å². The van der Waals surface area contributed by atoms with Crippen LogP contribution in [0.25, 0.3) is 5.82 Å². The molecule has 11 heteroatoms. The van der Waals surface area contributed by atoms with Gasteiger partial charge in [-0.1, -0.05) is 0 Å². The van der Waals surface area contributed by atoms with Crippen LogP contribution in [-0.2, 0) is 6.61 Å². The molecule has 3 rings (SSSR count). The Morgan fingerprint density at radius 3 is 2.95 bits per heavy atom. The Hall–Kier alpha value is -2.43. The van der Waals surface area contributed by atoms with Gasteiger partial charge in [-0.15, -0.1) is 4.68 Å². The van der Waals surface area contributed by atoms with Crippen LogP contribution >= 0.6 is 15.9 Å². The van der Waals surface area contributed by atoms with Crippen molar-refractivity contribution >= 4 is 15.9 Å². The van der Waals surface area contributed by atoms with Crippen molar-refractivity contribution in [3.8, 4) is 11.7 Å². The number of ether oxygens (including phenoxy) is 1. The van der Waals surface area contributed by atoms with Crippen molar-refractivity contribution in [1.29, 1.82) is 0 Å². The first-order chi connectivity index (χ1) is 9.25. The fourth-order valence-electron chi connectivity index (χ4n) is 1.45. The van der Waals surface area contributed by atoms with Crippen molar-refractivity contribution in [2.75, 3.05) is 0 Å². The van der Waals surface area contributed by atoms with Gasteiger partial charge in [-0.2, -0.15) is 10.2 Å². The second kappa shape index (κ2) is 4.68. The lowest BCUT2D eigenvalue weighted by molar-refractivity contribution is 0.292. The van der Waals surface area contributed by atoms with Gasteiger partial charge in [0, 0.05) is 6.07 Å². The van der Waals surface area contributed by atoms with Gasteiger partial charge >= 0.3 is 5.69 Å². The second-order valence-electron chi connectivity index (χ2n) is 3.47. The largest absolute Gasteiger partial charge is 0.473 e. The van der Waals surface area contributed by atoms with E-state index >= 15 is 0 Å². The van der Waals surface area contributed by atoms with Gasteiger partial charge in [0.15, 0.2) is 5.82 Å². The van der Waals surface area contributed by atoms with E-state index in [0.717, 1.165) is 4.68 Å². The van der Waals surface area contributed by atoms with E-state index in [-0.39, 0.29) is 6.61 Å². The van der Waals surface area contributed by atoms with E-state index in [1.165, 1.54) is 0 Å². The lowest BCUT2D eigenvalue weighted by Crippen LogP contribution is -2.18. The number of halogens is 1. The van der Waals surface area contributed by atoms with Crippen LogP contribution in [0.5, 0.6) is 5.88 Å². The highest BCUT2D eigenvalue weighted by molar-refractivity contribution is 9.10. The Kier molecular flexibility index (Phi) is 2.87. The number of hydrogen-bond donors (Lipinski definition) is 3. The average molecular weight is 327 g/mol. The van der Waals surface area contributed by atoms with E-state index in [9.17, 15) is 4.79 Å². The van der Waals surface area contributed by atoms with Crippen LogP contribution < -0.4 is 10.4 Å². The van der Waals surface area contributed by atoms with Crippen LogP contribution in [0, 0.1) is 0 Å². The smallest absolute Gasteiger partial charge is 0.367 e. The van der Waals surface area contributed by atoms with Crippen LogP contribution in [0.3, 0.4) is 0 Å². The Morgan fingerprint density at radius 1 is 1.37 bits per heavy atom. The molecule has 3 aromatic rings. The summed E-state index contributed by atoms with van der Waals surface area (Å²) in [5, 5.41) is 22.3. The molecule has 10 nitrogen and oxygen atoms in total. The molecule has 0 fully saturated rings. The number of nitrogens with zero attached hydrogens (tertiary/aromatic N) is 5. The monoisotopic (exact) mass is 326 g/mol. The number of aromatic amines is 3. The van der Waals surface area contributed by atoms with Crippen LogP contribution in [0.1, 0.15) is 5.56 Å². The van der Waals surface area contributed by atoms with E-state index in [1.807, 2.05) is 0 Å². The fraction of sp³-hybridized carbons (Fsp3) is 0.125. The number of tetrazole rings is 1. The number of rotatable bonds is 4. The molecule has 0 aliphatic heterocycles. The fourth-order valence-corrected chi connectivity index (χ4v) is 1.83. The van der Waals surface area contributed by atoms with E-state index in [4.69, 9.17) is 4.74 Å². The minimum absolute atomic E-state index is 0.175. The summed E-state index contributed by atoms with van der Waals surface area (Å²) in [4.78, 5) is 11.5. The molecule has 0 radical (unpaired) electrons. The minimum atomic E-state index is -0.484. The molecule has 98 valence electrons. The minimum Gasteiger partial charge on any atom is -0.473 e. The lowest BCUT2D eigenvalue weighted by atomic mass is 10.3. The third-order valence-corrected chi connectivity index (χ3v) is 2.97. The zero-order chi connectivity index (χ0) is 13.2. The molecule has 3 heterocycles. The van der Waals surface area contributed by atoms with Gasteiger partial charge in [0.2, 0.25) is 5.88 Å². The summed E-state index contributed by atoms with van der Waals surface area (Å²) in [5.41, 5.74) is 0.146. The Bertz CT molecular complexity index is 726. The molecule has 3 N–H and O–H groups in total. The highest BCUT2D eigenvalue weighted by Crippen LogP contribution is 2.20. The zero-order valence-corrected chi connectivity index (χ0v) is 10.9. The molecular formula is C8H7BrN8O2. The van der Waals surface area contributed by atoms with E-state index < -0.39 is 5.69 Å². The van der Waals surface area contributed by atoms with E-state index in [2.05, 4.69) is 51.9 Å². The van der Waals surface area contributed by atoms with Gasteiger partial charge in [0.25, 0.3) is 0 Å². The summed E-state index contributed by atoms with van der Waals surface area (Å²) in [7, 11) is 0. The normalized spacial score (nSPS) is 10.8. The molecule has 0 bridgehead atoms. The summed E-state index contributed by atoms with van der Waals surface area (Å²) in [5.74, 6) is 0.816. The highest BCUT2D eigenvalue weighted by Gasteiger charge is 2.17. The number of aromatic nitrogens is 8. The van der Waals surface area contributed by atoms with Crippen molar-refractivity contribution in [3.63, 3.8) is 0 Å². The molecule has 3 aromatic heterocycles. The molecule has 0 aromatic carbocycles.